The normalized spacial score (nSPS) is 16.6. The number of halogens is 1. The Labute approximate surface area is 139 Å². The van der Waals surface area contributed by atoms with Crippen LogP contribution < -0.4 is 5.56 Å². The molecule has 1 heterocycles. The van der Waals surface area contributed by atoms with E-state index in [2.05, 4.69) is 0 Å². The van der Waals surface area contributed by atoms with Crippen molar-refractivity contribution in [2.75, 3.05) is 0 Å². The van der Waals surface area contributed by atoms with E-state index in [-0.39, 0.29) is 11.4 Å². The Morgan fingerprint density at radius 3 is 2.38 bits per heavy atom. The molecule has 3 nitrogen and oxygen atoms in total. The molecule has 1 saturated carbocycles. The summed E-state index contributed by atoms with van der Waals surface area (Å²) in [6.07, 6.45) is 3.12. The van der Waals surface area contributed by atoms with E-state index < -0.39 is 5.60 Å². The van der Waals surface area contributed by atoms with Crippen LogP contribution in [-0.2, 0) is 5.60 Å². The van der Waals surface area contributed by atoms with Gasteiger partial charge in [-0.1, -0.05) is 31.0 Å². The maximum Gasteiger partial charge on any atom is 0.263 e. The Morgan fingerprint density at radius 1 is 1.00 bits per heavy atom. The Hall–Kier alpha value is -2.46. The molecule has 0 bridgehead atoms. The van der Waals surface area contributed by atoms with Crippen molar-refractivity contribution < 1.29 is 9.50 Å². The standard InChI is InChI=1S/C20H18FNO2/c21-15-7-9-16(10-8-15)22-18(20(24)11-3-4-12-20)13-14-5-1-2-6-17(14)19(22)23/h1-2,5-10,13,24H,3-4,11-12H2. The summed E-state index contributed by atoms with van der Waals surface area (Å²) in [6.45, 7) is 0. The van der Waals surface area contributed by atoms with Crippen molar-refractivity contribution in [3.8, 4) is 5.69 Å². The number of benzene rings is 2. The van der Waals surface area contributed by atoms with E-state index >= 15 is 0 Å². The van der Waals surface area contributed by atoms with E-state index in [0.29, 0.717) is 29.6 Å². The smallest absolute Gasteiger partial charge is 0.263 e. The second-order valence-electron chi connectivity index (χ2n) is 6.47. The average Bonchev–Trinajstić information content (AvgIpc) is 3.04. The van der Waals surface area contributed by atoms with Gasteiger partial charge in [-0.05, 0) is 54.6 Å². The number of pyridine rings is 1. The molecule has 1 fully saturated rings. The zero-order valence-electron chi connectivity index (χ0n) is 13.2. The Morgan fingerprint density at radius 2 is 1.67 bits per heavy atom. The average molecular weight is 323 g/mol. The van der Waals surface area contributed by atoms with Crippen molar-refractivity contribution in [2.45, 2.75) is 31.3 Å². The number of fused-ring (bicyclic) bond motifs is 1. The number of hydrogen-bond donors (Lipinski definition) is 1. The molecule has 1 aliphatic carbocycles. The fraction of sp³-hybridized carbons (Fsp3) is 0.250. The molecule has 0 aliphatic heterocycles. The number of hydrogen-bond acceptors (Lipinski definition) is 2. The Kier molecular flexibility index (Phi) is 3.50. The van der Waals surface area contributed by atoms with Crippen LogP contribution in [0.15, 0.2) is 59.4 Å². The molecule has 24 heavy (non-hydrogen) atoms. The van der Waals surface area contributed by atoms with Gasteiger partial charge in [0.25, 0.3) is 5.56 Å². The molecule has 4 heteroatoms. The molecular weight excluding hydrogens is 305 g/mol. The molecule has 0 amide bonds. The molecule has 0 atom stereocenters. The van der Waals surface area contributed by atoms with Gasteiger partial charge in [0, 0.05) is 11.1 Å². The number of aliphatic hydroxyl groups is 1. The van der Waals surface area contributed by atoms with Gasteiger partial charge in [-0.15, -0.1) is 0 Å². The molecule has 2 aromatic carbocycles. The molecule has 1 aromatic heterocycles. The highest BCUT2D eigenvalue weighted by atomic mass is 19.1. The second kappa shape index (κ2) is 5.56. The quantitative estimate of drug-likeness (QED) is 0.777. The first kappa shape index (κ1) is 15.1. The van der Waals surface area contributed by atoms with Crippen LogP contribution in [0.2, 0.25) is 0 Å². The van der Waals surface area contributed by atoms with Crippen LogP contribution in [0.25, 0.3) is 16.5 Å². The lowest BCUT2D eigenvalue weighted by molar-refractivity contribution is 0.0376. The van der Waals surface area contributed by atoms with Crippen LogP contribution in [0.5, 0.6) is 0 Å². The lowest BCUT2D eigenvalue weighted by atomic mass is 9.94. The fourth-order valence-corrected chi connectivity index (χ4v) is 3.66. The van der Waals surface area contributed by atoms with Crippen molar-refractivity contribution >= 4 is 10.8 Å². The van der Waals surface area contributed by atoms with Crippen LogP contribution in [-0.4, -0.2) is 9.67 Å². The minimum absolute atomic E-state index is 0.185. The van der Waals surface area contributed by atoms with E-state index in [1.54, 1.807) is 18.2 Å². The minimum Gasteiger partial charge on any atom is -0.384 e. The van der Waals surface area contributed by atoms with Crippen molar-refractivity contribution in [1.29, 1.82) is 0 Å². The van der Waals surface area contributed by atoms with Crippen molar-refractivity contribution in [1.82, 2.24) is 4.57 Å². The first-order chi connectivity index (χ1) is 11.6. The van der Waals surface area contributed by atoms with Gasteiger partial charge in [-0.2, -0.15) is 0 Å². The summed E-state index contributed by atoms with van der Waals surface area (Å²) in [5, 5.41) is 12.5. The lowest BCUT2D eigenvalue weighted by Crippen LogP contribution is -2.32. The summed E-state index contributed by atoms with van der Waals surface area (Å²) in [6, 6.07) is 15.1. The molecule has 4 rings (SSSR count). The van der Waals surface area contributed by atoms with Crippen LogP contribution in [0.1, 0.15) is 31.4 Å². The second-order valence-corrected chi connectivity index (χ2v) is 6.47. The largest absolute Gasteiger partial charge is 0.384 e. The first-order valence-electron chi connectivity index (χ1n) is 8.22. The van der Waals surface area contributed by atoms with Crippen molar-refractivity contribution in [3.05, 3.63) is 76.5 Å². The summed E-state index contributed by atoms with van der Waals surface area (Å²) in [5.74, 6) is -0.353. The molecule has 3 aromatic rings. The Bertz CT molecular complexity index is 954. The monoisotopic (exact) mass is 323 g/mol. The minimum atomic E-state index is -1.02. The fourth-order valence-electron chi connectivity index (χ4n) is 3.66. The maximum atomic E-state index is 13.3. The van der Waals surface area contributed by atoms with Gasteiger partial charge in [0.1, 0.15) is 11.4 Å². The van der Waals surface area contributed by atoms with Gasteiger partial charge in [-0.3, -0.25) is 9.36 Å². The van der Waals surface area contributed by atoms with Crippen molar-refractivity contribution in [3.63, 3.8) is 0 Å². The highest BCUT2D eigenvalue weighted by molar-refractivity contribution is 5.82. The topological polar surface area (TPSA) is 42.2 Å². The van der Waals surface area contributed by atoms with Gasteiger partial charge in [-0.25, -0.2) is 4.39 Å². The zero-order chi connectivity index (χ0) is 16.7. The zero-order valence-corrected chi connectivity index (χ0v) is 13.2. The first-order valence-corrected chi connectivity index (χ1v) is 8.22. The molecule has 0 radical (unpaired) electrons. The van der Waals surface area contributed by atoms with E-state index in [9.17, 15) is 14.3 Å². The molecule has 122 valence electrons. The molecule has 0 saturated heterocycles. The third-order valence-electron chi connectivity index (χ3n) is 4.92. The van der Waals surface area contributed by atoms with E-state index in [1.165, 1.54) is 16.7 Å². The van der Waals surface area contributed by atoms with Gasteiger partial charge in [0.15, 0.2) is 0 Å². The lowest BCUT2D eigenvalue weighted by Gasteiger charge is -2.27. The van der Waals surface area contributed by atoms with Gasteiger partial charge in [0.2, 0.25) is 0 Å². The number of nitrogens with zero attached hydrogens (tertiary/aromatic N) is 1. The SMILES string of the molecule is O=c1c2ccccc2cc(C2(O)CCCC2)n1-c1ccc(F)cc1. The van der Waals surface area contributed by atoms with E-state index in [0.717, 1.165) is 18.2 Å². The molecule has 1 aliphatic rings. The van der Waals surface area contributed by atoms with E-state index in [1.807, 2.05) is 24.3 Å². The van der Waals surface area contributed by atoms with Gasteiger partial charge >= 0.3 is 0 Å². The summed E-state index contributed by atoms with van der Waals surface area (Å²) >= 11 is 0. The number of rotatable bonds is 2. The highest BCUT2D eigenvalue weighted by Crippen LogP contribution is 2.39. The summed E-state index contributed by atoms with van der Waals surface area (Å²) < 4.78 is 14.8. The predicted octanol–water partition coefficient (Wildman–Crippen LogP) is 3.89. The predicted molar refractivity (Wildman–Crippen MR) is 91.9 cm³/mol. The van der Waals surface area contributed by atoms with Crippen LogP contribution in [0.3, 0.4) is 0 Å². The maximum absolute atomic E-state index is 13.3. The third-order valence-corrected chi connectivity index (χ3v) is 4.92. The third kappa shape index (κ3) is 2.34. The van der Waals surface area contributed by atoms with Crippen LogP contribution in [0.4, 0.5) is 4.39 Å². The summed E-state index contributed by atoms with van der Waals surface area (Å²) in [7, 11) is 0. The molecule has 1 N–H and O–H groups in total. The van der Waals surface area contributed by atoms with Crippen LogP contribution >= 0.6 is 0 Å². The van der Waals surface area contributed by atoms with Crippen molar-refractivity contribution in [2.24, 2.45) is 0 Å². The number of aromatic nitrogens is 1. The molecule has 0 unspecified atom stereocenters. The van der Waals surface area contributed by atoms with E-state index in [4.69, 9.17) is 0 Å². The highest BCUT2D eigenvalue weighted by Gasteiger charge is 2.36. The molecular formula is C20H18FNO2. The van der Waals surface area contributed by atoms with Gasteiger partial charge in [0.05, 0.1) is 5.69 Å². The summed E-state index contributed by atoms with van der Waals surface area (Å²) in [4.78, 5) is 13.1. The molecule has 0 spiro atoms. The summed E-state index contributed by atoms with van der Waals surface area (Å²) in [5.41, 5.74) is -0.0368. The van der Waals surface area contributed by atoms with Crippen LogP contribution in [0, 0.1) is 5.82 Å². The Balaban J connectivity index is 2.07. The van der Waals surface area contributed by atoms with Gasteiger partial charge < -0.3 is 5.11 Å².